The Morgan fingerprint density at radius 2 is 2.12 bits per heavy atom. The van der Waals surface area contributed by atoms with Gasteiger partial charge in [0.15, 0.2) is 0 Å². The van der Waals surface area contributed by atoms with E-state index in [2.05, 4.69) is 11.2 Å². The van der Waals surface area contributed by atoms with Gasteiger partial charge in [-0.2, -0.15) is 0 Å². The molecule has 1 amide bonds. The average Bonchev–Trinajstić information content (AvgIpc) is 2.15. The van der Waals surface area contributed by atoms with Crippen LogP contribution in [0.3, 0.4) is 0 Å². The molecule has 0 aliphatic rings. The molecule has 1 rings (SSSR count). The van der Waals surface area contributed by atoms with Crippen molar-refractivity contribution in [2.24, 2.45) is 5.14 Å². The molecule has 1 aromatic rings. The van der Waals surface area contributed by atoms with Crippen LogP contribution in [0.5, 0.6) is 0 Å². The standard InChI is InChI=1S/C10H9FN2O3S/c1-2-3-10(14)13-8-4-7(11)5-9(6-8)17(12,15)16/h1,4-6H,3H2,(H,13,14)(H2,12,15,16). The first kappa shape index (κ1) is 13.2. The van der Waals surface area contributed by atoms with Gasteiger partial charge in [0, 0.05) is 5.69 Å². The first-order valence-electron chi connectivity index (χ1n) is 4.39. The van der Waals surface area contributed by atoms with Crippen LogP contribution in [0.2, 0.25) is 0 Å². The lowest BCUT2D eigenvalue weighted by molar-refractivity contribution is -0.115. The monoisotopic (exact) mass is 256 g/mol. The zero-order valence-corrected chi connectivity index (χ0v) is 9.42. The maximum Gasteiger partial charge on any atom is 0.238 e. The summed E-state index contributed by atoms with van der Waals surface area (Å²) in [7, 11) is -4.03. The predicted octanol–water partition coefficient (Wildman–Crippen LogP) is 0.435. The van der Waals surface area contributed by atoms with Crippen LogP contribution in [0.25, 0.3) is 0 Å². The van der Waals surface area contributed by atoms with E-state index in [4.69, 9.17) is 11.6 Å². The van der Waals surface area contributed by atoms with Crippen molar-refractivity contribution in [3.8, 4) is 12.3 Å². The summed E-state index contributed by atoms with van der Waals surface area (Å²) in [4.78, 5) is 10.7. The summed E-state index contributed by atoms with van der Waals surface area (Å²) >= 11 is 0. The normalized spacial score (nSPS) is 10.6. The minimum atomic E-state index is -4.03. The van der Waals surface area contributed by atoms with E-state index in [9.17, 15) is 17.6 Å². The van der Waals surface area contributed by atoms with Crippen LogP contribution in [0.15, 0.2) is 23.1 Å². The highest BCUT2D eigenvalue weighted by Gasteiger charge is 2.12. The number of halogens is 1. The molecule has 0 aliphatic heterocycles. The van der Waals surface area contributed by atoms with Crippen molar-refractivity contribution < 1.29 is 17.6 Å². The van der Waals surface area contributed by atoms with Gasteiger partial charge >= 0.3 is 0 Å². The fourth-order valence-electron chi connectivity index (χ4n) is 1.10. The Balaban J connectivity index is 3.07. The topological polar surface area (TPSA) is 89.3 Å². The van der Waals surface area contributed by atoms with E-state index < -0.39 is 26.6 Å². The van der Waals surface area contributed by atoms with Crippen LogP contribution < -0.4 is 10.5 Å². The number of hydrogen-bond acceptors (Lipinski definition) is 3. The summed E-state index contributed by atoms with van der Waals surface area (Å²) in [6, 6.07) is 2.77. The van der Waals surface area contributed by atoms with E-state index in [0.717, 1.165) is 18.2 Å². The van der Waals surface area contributed by atoms with Crippen LogP contribution >= 0.6 is 0 Å². The van der Waals surface area contributed by atoms with Crippen molar-refractivity contribution >= 4 is 21.6 Å². The van der Waals surface area contributed by atoms with Crippen LogP contribution in [0.4, 0.5) is 10.1 Å². The van der Waals surface area contributed by atoms with Gasteiger partial charge in [-0.15, -0.1) is 6.42 Å². The van der Waals surface area contributed by atoms with Gasteiger partial charge in [-0.25, -0.2) is 17.9 Å². The molecule has 0 radical (unpaired) electrons. The second-order valence-electron chi connectivity index (χ2n) is 3.15. The number of rotatable bonds is 3. The second kappa shape index (κ2) is 4.95. The number of carbonyl (C=O) groups excluding carboxylic acids is 1. The Morgan fingerprint density at radius 1 is 1.47 bits per heavy atom. The number of hydrogen-bond donors (Lipinski definition) is 2. The van der Waals surface area contributed by atoms with Crippen LogP contribution in [-0.2, 0) is 14.8 Å². The van der Waals surface area contributed by atoms with Crippen molar-refractivity contribution in [3.63, 3.8) is 0 Å². The Bertz CT molecular complexity index is 590. The largest absolute Gasteiger partial charge is 0.325 e. The minimum absolute atomic E-state index is 0.0192. The highest BCUT2D eigenvalue weighted by Crippen LogP contribution is 2.17. The van der Waals surface area contributed by atoms with Crippen LogP contribution in [0, 0.1) is 18.2 Å². The predicted molar refractivity (Wildman–Crippen MR) is 59.9 cm³/mol. The van der Waals surface area contributed by atoms with Crippen molar-refractivity contribution in [2.45, 2.75) is 11.3 Å². The summed E-state index contributed by atoms with van der Waals surface area (Å²) < 4.78 is 35.1. The number of nitrogens with two attached hydrogens (primary N) is 1. The van der Waals surface area contributed by atoms with Crippen molar-refractivity contribution in [3.05, 3.63) is 24.0 Å². The van der Waals surface area contributed by atoms with Gasteiger partial charge in [0.25, 0.3) is 0 Å². The lowest BCUT2D eigenvalue weighted by Gasteiger charge is -2.05. The number of benzene rings is 1. The summed E-state index contributed by atoms with van der Waals surface area (Å²) in [5.41, 5.74) is -0.0192. The van der Waals surface area contributed by atoms with Crippen LogP contribution in [0.1, 0.15) is 6.42 Å². The number of terminal acetylenes is 1. The lowest BCUT2D eigenvalue weighted by Crippen LogP contribution is -2.14. The molecule has 0 bridgehead atoms. The van der Waals surface area contributed by atoms with E-state index in [-0.39, 0.29) is 12.1 Å². The van der Waals surface area contributed by atoms with Crippen molar-refractivity contribution in [1.29, 1.82) is 0 Å². The number of sulfonamides is 1. The molecule has 90 valence electrons. The first-order chi connectivity index (χ1) is 7.82. The summed E-state index contributed by atoms with van der Waals surface area (Å²) in [6.45, 7) is 0. The molecule has 5 nitrogen and oxygen atoms in total. The second-order valence-corrected chi connectivity index (χ2v) is 4.71. The van der Waals surface area contributed by atoms with Gasteiger partial charge in [0.2, 0.25) is 15.9 Å². The first-order valence-corrected chi connectivity index (χ1v) is 5.94. The maximum absolute atomic E-state index is 13.1. The van der Waals surface area contributed by atoms with E-state index in [1.165, 1.54) is 0 Å². The van der Waals surface area contributed by atoms with Crippen molar-refractivity contribution in [1.82, 2.24) is 0 Å². The summed E-state index contributed by atoms with van der Waals surface area (Å²) in [6.07, 6.45) is 4.72. The third-order valence-electron chi connectivity index (χ3n) is 1.75. The molecular weight excluding hydrogens is 247 g/mol. The molecule has 0 spiro atoms. The molecular formula is C10H9FN2O3S. The molecule has 17 heavy (non-hydrogen) atoms. The van der Waals surface area contributed by atoms with E-state index >= 15 is 0 Å². The smallest absolute Gasteiger partial charge is 0.238 e. The highest BCUT2D eigenvalue weighted by molar-refractivity contribution is 7.89. The Kier molecular flexibility index (Phi) is 3.83. The molecule has 0 heterocycles. The molecule has 0 saturated heterocycles. The Hall–Kier alpha value is -1.91. The zero-order valence-electron chi connectivity index (χ0n) is 8.60. The summed E-state index contributed by atoms with van der Waals surface area (Å²) in [5.74, 6) is 0.729. The molecule has 3 N–H and O–H groups in total. The third-order valence-corrected chi connectivity index (χ3v) is 2.64. The van der Waals surface area contributed by atoms with Crippen LogP contribution in [-0.4, -0.2) is 14.3 Å². The van der Waals surface area contributed by atoms with Gasteiger partial charge in [-0.05, 0) is 18.2 Å². The fraction of sp³-hybridized carbons (Fsp3) is 0.100. The van der Waals surface area contributed by atoms with Gasteiger partial charge in [0.1, 0.15) is 5.82 Å². The van der Waals surface area contributed by atoms with Gasteiger partial charge in [-0.3, -0.25) is 4.79 Å². The Morgan fingerprint density at radius 3 is 2.65 bits per heavy atom. The molecule has 0 aromatic heterocycles. The van der Waals surface area contributed by atoms with Crippen molar-refractivity contribution in [2.75, 3.05) is 5.32 Å². The van der Waals surface area contributed by atoms with E-state index in [1.54, 1.807) is 0 Å². The Labute approximate surface area is 97.9 Å². The summed E-state index contributed by atoms with van der Waals surface area (Å²) in [5, 5.41) is 7.10. The number of carbonyl (C=O) groups is 1. The number of amides is 1. The molecule has 0 fully saturated rings. The molecule has 0 aliphatic carbocycles. The van der Waals surface area contributed by atoms with Gasteiger partial charge in [0.05, 0.1) is 11.3 Å². The minimum Gasteiger partial charge on any atom is -0.325 e. The number of anilines is 1. The maximum atomic E-state index is 13.1. The zero-order chi connectivity index (χ0) is 13.1. The molecule has 0 unspecified atom stereocenters. The SMILES string of the molecule is C#CCC(=O)Nc1cc(F)cc(S(N)(=O)=O)c1. The lowest BCUT2D eigenvalue weighted by atomic mass is 10.3. The molecule has 0 saturated carbocycles. The quantitative estimate of drug-likeness (QED) is 0.769. The van der Waals surface area contributed by atoms with E-state index in [1.807, 2.05) is 0 Å². The van der Waals surface area contributed by atoms with Gasteiger partial charge < -0.3 is 5.32 Å². The highest BCUT2D eigenvalue weighted by atomic mass is 32.2. The number of nitrogens with one attached hydrogen (secondary N) is 1. The van der Waals surface area contributed by atoms with E-state index in [0.29, 0.717) is 0 Å². The number of primary sulfonamides is 1. The third kappa shape index (κ3) is 3.86. The molecule has 1 aromatic carbocycles. The fourth-order valence-corrected chi connectivity index (χ4v) is 1.67. The van der Waals surface area contributed by atoms with Gasteiger partial charge in [-0.1, -0.05) is 5.92 Å². The molecule has 7 heteroatoms. The average molecular weight is 256 g/mol. The molecule has 0 atom stereocenters.